The molecule has 0 saturated carbocycles. The SMILES string of the molecule is CCOc1ccc(NC(=S)Nc2ccc(F)cc2C)cc1. The lowest BCUT2D eigenvalue weighted by molar-refractivity contribution is 0.340. The van der Waals surface area contributed by atoms with E-state index in [0.717, 1.165) is 22.7 Å². The molecule has 0 radical (unpaired) electrons. The molecule has 0 unspecified atom stereocenters. The number of anilines is 2. The van der Waals surface area contributed by atoms with Gasteiger partial charge in [0.15, 0.2) is 5.11 Å². The second-order valence-corrected chi connectivity index (χ2v) is 4.90. The van der Waals surface area contributed by atoms with Crippen LogP contribution in [0.5, 0.6) is 5.75 Å². The van der Waals surface area contributed by atoms with Crippen molar-refractivity contribution in [1.29, 1.82) is 0 Å². The Bertz CT molecular complexity index is 629. The van der Waals surface area contributed by atoms with Crippen molar-refractivity contribution in [3.63, 3.8) is 0 Å². The second-order valence-electron chi connectivity index (χ2n) is 4.50. The van der Waals surface area contributed by atoms with Gasteiger partial charge in [0.05, 0.1) is 6.61 Å². The summed E-state index contributed by atoms with van der Waals surface area (Å²) in [5.74, 6) is 0.555. The minimum atomic E-state index is -0.261. The topological polar surface area (TPSA) is 33.3 Å². The molecule has 0 aliphatic rings. The van der Waals surface area contributed by atoms with Gasteiger partial charge in [-0.3, -0.25) is 0 Å². The summed E-state index contributed by atoms with van der Waals surface area (Å²) in [6.45, 7) is 4.40. The fraction of sp³-hybridized carbons (Fsp3) is 0.188. The van der Waals surface area contributed by atoms with Crippen molar-refractivity contribution < 1.29 is 9.13 Å². The molecule has 0 aliphatic heterocycles. The van der Waals surface area contributed by atoms with Gasteiger partial charge in [0.2, 0.25) is 0 Å². The van der Waals surface area contributed by atoms with Crippen LogP contribution < -0.4 is 15.4 Å². The molecule has 0 bridgehead atoms. The van der Waals surface area contributed by atoms with Gasteiger partial charge in [-0.15, -0.1) is 0 Å². The van der Waals surface area contributed by atoms with Crippen LogP contribution in [-0.4, -0.2) is 11.7 Å². The highest BCUT2D eigenvalue weighted by molar-refractivity contribution is 7.80. The lowest BCUT2D eigenvalue weighted by Crippen LogP contribution is -2.19. The fourth-order valence-electron chi connectivity index (χ4n) is 1.85. The van der Waals surface area contributed by atoms with E-state index in [4.69, 9.17) is 17.0 Å². The summed E-state index contributed by atoms with van der Waals surface area (Å²) in [4.78, 5) is 0. The zero-order valence-electron chi connectivity index (χ0n) is 11.9. The number of rotatable bonds is 4. The van der Waals surface area contributed by atoms with E-state index in [-0.39, 0.29) is 5.82 Å². The van der Waals surface area contributed by atoms with Crippen LogP contribution >= 0.6 is 12.2 Å². The average molecular weight is 304 g/mol. The molecule has 0 aromatic heterocycles. The van der Waals surface area contributed by atoms with E-state index in [1.807, 2.05) is 38.1 Å². The predicted octanol–water partition coefficient (Wildman–Crippen LogP) is 4.34. The Morgan fingerprint density at radius 2 is 1.86 bits per heavy atom. The Kier molecular flexibility index (Phi) is 5.11. The van der Waals surface area contributed by atoms with E-state index in [1.54, 1.807) is 6.07 Å². The maximum Gasteiger partial charge on any atom is 0.175 e. The van der Waals surface area contributed by atoms with Crippen LogP contribution in [0.2, 0.25) is 0 Å². The van der Waals surface area contributed by atoms with E-state index in [2.05, 4.69) is 10.6 Å². The van der Waals surface area contributed by atoms with Gasteiger partial charge >= 0.3 is 0 Å². The molecule has 2 aromatic carbocycles. The second kappa shape index (κ2) is 7.04. The van der Waals surface area contributed by atoms with Crippen molar-refractivity contribution in [1.82, 2.24) is 0 Å². The first-order valence-electron chi connectivity index (χ1n) is 6.65. The molecule has 2 aromatic rings. The number of thiocarbonyl (C=S) groups is 1. The molecule has 0 heterocycles. The molecule has 0 fully saturated rings. The lowest BCUT2D eigenvalue weighted by atomic mass is 10.2. The van der Waals surface area contributed by atoms with E-state index in [1.165, 1.54) is 12.1 Å². The summed E-state index contributed by atoms with van der Waals surface area (Å²) in [5.41, 5.74) is 2.43. The molecule has 110 valence electrons. The summed E-state index contributed by atoms with van der Waals surface area (Å²) in [7, 11) is 0. The number of nitrogens with one attached hydrogen (secondary N) is 2. The van der Waals surface area contributed by atoms with Crippen LogP contribution in [-0.2, 0) is 0 Å². The molecule has 5 heteroatoms. The van der Waals surface area contributed by atoms with Gasteiger partial charge in [0, 0.05) is 11.4 Å². The predicted molar refractivity (Wildman–Crippen MR) is 88.6 cm³/mol. The number of hydrogen-bond donors (Lipinski definition) is 2. The molecule has 0 spiro atoms. The van der Waals surface area contributed by atoms with Crippen molar-refractivity contribution in [2.75, 3.05) is 17.2 Å². The molecule has 0 aliphatic carbocycles. The van der Waals surface area contributed by atoms with Crippen molar-refractivity contribution in [3.8, 4) is 5.75 Å². The fourth-order valence-corrected chi connectivity index (χ4v) is 2.08. The highest BCUT2D eigenvalue weighted by atomic mass is 32.1. The van der Waals surface area contributed by atoms with E-state index >= 15 is 0 Å². The minimum absolute atomic E-state index is 0.261. The normalized spacial score (nSPS) is 10.0. The van der Waals surface area contributed by atoms with Gasteiger partial charge in [-0.25, -0.2) is 4.39 Å². The zero-order chi connectivity index (χ0) is 15.2. The smallest absolute Gasteiger partial charge is 0.175 e. The number of ether oxygens (including phenoxy) is 1. The lowest BCUT2D eigenvalue weighted by Gasteiger charge is -2.13. The van der Waals surface area contributed by atoms with Gasteiger partial charge < -0.3 is 15.4 Å². The largest absolute Gasteiger partial charge is 0.494 e. The van der Waals surface area contributed by atoms with Crippen LogP contribution in [0.4, 0.5) is 15.8 Å². The highest BCUT2D eigenvalue weighted by Crippen LogP contribution is 2.18. The molecule has 0 atom stereocenters. The third-order valence-corrected chi connectivity index (χ3v) is 3.06. The molecule has 21 heavy (non-hydrogen) atoms. The maximum atomic E-state index is 13.0. The summed E-state index contributed by atoms with van der Waals surface area (Å²) in [6.07, 6.45) is 0. The Labute approximate surface area is 129 Å². The molecule has 3 nitrogen and oxygen atoms in total. The number of hydrogen-bond acceptors (Lipinski definition) is 2. The van der Waals surface area contributed by atoms with Crippen LogP contribution in [0, 0.1) is 12.7 Å². The van der Waals surface area contributed by atoms with Crippen LogP contribution in [0.25, 0.3) is 0 Å². The Hall–Kier alpha value is -2.14. The standard InChI is InChI=1S/C16H17FN2OS/c1-3-20-14-7-5-13(6-8-14)18-16(21)19-15-9-4-12(17)10-11(15)2/h4-10H,3H2,1-2H3,(H2,18,19,21). The monoisotopic (exact) mass is 304 g/mol. The third-order valence-electron chi connectivity index (χ3n) is 2.86. The van der Waals surface area contributed by atoms with E-state index < -0.39 is 0 Å². The van der Waals surface area contributed by atoms with Gasteiger partial charge in [-0.2, -0.15) is 0 Å². The van der Waals surface area contributed by atoms with Crippen molar-refractivity contribution in [2.45, 2.75) is 13.8 Å². The third kappa shape index (κ3) is 4.43. The Morgan fingerprint density at radius 3 is 2.48 bits per heavy atom. The van der Waals surface area contributed by atoms with Crippen molar-refractivity contribution in [3.05, 3.63) is 53.8 Å². The number of aryl methyl sites for hydroxylation is 1. The minimum Gasteiger partial charge on any atom is -0.494 e. The van der Waals surface area contributed by atoms with E-state index in [9.17, 15) is 4.39 Å². The molecule has 0 saturated heterocycles. The van der Waals surface area contributed by atoms with Crippen LogP contribution in [0.15, 0.2) is 42.5 Å². The van der Waals surface area contributed by atoms with E-state index in [0.29, 0.717) is 11.7 Å². The first-order chi connectivity index (χ1) is 10.1. The summed E-state index contributed by atoms with van der Waals surface area (Å²) in [6, 6.07) is 12.0. The quantitative estimate of drug-likeness (QED) is 0.823. The average Bonchev–Trinajstić information content (AvgIpc) is 2.44. The van der Waals surface area contributed by atoms with Crippen LogP contribution in [0.1, 0.15) is 12.5 Å². The number of halogens is 1. The molecule has 2 rings (SSSR count). The van der Waals surface area contributed by atoms with Gasteiger partial charge in [0.1, 0.15) is 11.6 Å². The first-order valence-corrected chi connectivity index (χ1v) is 7.06. The first kappa shape index (κ1) is 15.3. The van der Waals surface area contributed by atoms with Crippen molar-refractivity contribution >= 4 is 28.7 Å². The van der Waals surface area contributed by atoms with Crippen LogP contribution in [0.3, 0.4) is 0 Å². The van der Waals surface area contributed by atoms with Crippen molar-refractivity contribution in [2.24, 2.45) is 0 Å². The van der Waals surface area contributed by atoms with Gasteiger partial charge in [-0.1, -0.05) is 0 Å². The maximum absolute atomic E-state index is 13.0. The highest BCUT2D eigenvalue weighted by Gasteiger charge is 2.03. The Balaban J connectivity index is 1.98. The zero-order valence-corrected chi connectivity index (χ0v) is 12.8. The summed E-state index contributed by atoms with van der Waals surface area (Å²) in [5, 5.41) is 6.57. The van der Waals surface area contributed by atoms with Gasteiger partial charge in [0.25, 0.3) is 0 Å². The molecule has 2 N–H and O–H groups in total. The summed E-state index contributed by atoms with van der Waals surface area (Å²) >= 11 is 5.25. The molecule has 0 amide bonds. The Morgan fingerprint density at radius 1 is 1.14 bits per heavy atom. The molecular formula is C16H17FN2OS. The van der Waals surface area contributed by atoms with Gasteiger partial charge in [-0.05, 0) is 74.1 Å². The molecular weight excluding hydrogens is 287 g/mol. The number of benzene rings is 2. The summed E-state index contributed by atoms with van der Waals surface area (Å²) < 4.78 is 18.4.